The maximum atomic E-state index is 11.8. The van der Waals surface area contributed by atoms with E-state index in [-0.39, 0.29) is 19.8 Å². The lowest BCUT2D eigenvalue weighted by molar-refractivity contribution is -0.228. The maximum Gasteiger partial charge on any atom is 0.268 e. The highest BCUT2D eigenvalue weighted by Crippen LogP contribution is 2.38. The van der Waals surface area contributed by atoms with Gasteiger partial charge in [-0.1, -0.05) is 46.6 Å². The van der Waals surface area contributed by atoms with E-state index in [1.165, 1.54) is 29.4 Å². The zero-order chi connectivity index (χ0) is 27.4. The van der Waals surface area contributed by atoms with Gasteiger partial charge in [-0.15, -0.1) is 0 Å². The number of nitrogens with zero attached hydrogens (tertiary/aromatic N) is 1. The van der Waals surface area contributed by atoms with E-state index in [1.807, 2.05) is 19.0 Å². The maximum absolute atomic E-state index is 11.8. The summed E-state index contributed by atoms with van der Waals surface area (Å²) in [4.78, 5) is 13.6. The Bertz CT molecular complexity index is 753. The number of ether oxygens (including phenoxy) is 2. The van der Waals surface area contributed by atoms with Gasteiger partial charge in [0.25, 0.3) is 7.82 Å². The molecule has 2 atom stereocenters. The fourth-order valence-electron chi connectivity index (χ4n) is 3.12. The minimum absolute atomic E-state index is 0.0499. The Kier molecular flexibility index (Phi) is 20.3. The van der Waals surface area contributed by atoms with Crippen molar-refractivity contribution in [2.75, 3.05) is 54.2 Å². The van der Waals surface area contributed by atoms with Crippen LogP contribution in [-0.4, -0.2) is 65.2 Å². The fraction of sp³-hybridized carbons (Fsp3) is 0.714. The van der Waals surface area contributed by atoms with Crippen LogP contribution in [0, 0.1) is 0 Å². The van der Waals surface area contributed by atoms with Gasteiger partial charge in [0.05, 0.1) is 26.4 Å². The van der Waals surface area contributed by atoms with Crippen molar-refractivity contribution >= 4 is 7.82 Å². The third kappa shape index (κ3) is 22.2. The summed E-state index contributed by atoms with van der Waals surface area (Å²) in [6.07, 6.45) is 15.0. The first-order valence-electron chi connectivity index (χ1n) is 12.9. The fourth-order valence-corrected chi connectivity index (χ4v) is 3.85. The lowest BCUT2D eigenvalue weighted by Gasteiger charge is -2.25. The van der Waals surface area contributed by atoms with E-state index >= 15 is 0 Å². The van der Waals surface area contributed by atoms with Gasteiger partial charge in [-0.05, 0) is 87.2 Å². The zero-order valence-corrected chi connectivity index (χ0v) is 24.9. The Morgan fingerprint density at radius 3 is 1.86 bits per heavy atom. The minimum atomic E-state index is -4.35. The van der Waals surface area contributed by atoms with Crippen LogP contribution >= 0.6 is 7.82 Å². The Morgan fingerprint density at radius 2 is 1.36 bits per heavy atom. The highest BCUT2D eigenvalue weighted by molar-refractivity contribution is 7.45. The summed E-state index contributed by atoms with van der Waals surface area (Å²) in [6.45, 7) is 11.9. The molecular formula is C28H51NO6P-. The van der Waals surface area contributed by atoms with E-state index in [4.69, 9.17) is 18.5 Å². The smallest absolute Gasteiger partial charge is 0.268 e. The van der Waals surface area contributed by atoms with E-state index in [2.05, 4.69) is 58.9 Å². The number of hydrogen-bond donors (Lipinski definition) is 0. The number of hydrogen-bond acceptors (Lipinski definition) is 7. The molecular weight excluding hydrogens is 477 g/mol. The molecule has 0 saturated heterocycles. The van der Waals surface area contributed by atoms with Gasteiger partial charge in [-0.3, -0.25) is 4.57 Å². The predicted octanol–water partition coefficient (Wildman–Crippen LogP) is 6.23. The number of allylic oxidation sites excluding steroid dienone is 7. The summed E-state index contributed by atoms with van der Waals surface area (Å²) >= 11 is 0. The molecule has 0 saturated carbocycles. The minimum Gasteiger partial charge on any atom is -0.756 e. The molecule has 0 heterocycles. The summed E-state index contributed by atoms with van der Waals surface area (Å²) in [5.74, 6) is 0. The largest absolute Gasteiger partial charge is 0.756 e. The van der Waals surface area contributed by atoms with Gasteiger partial charge in [-0.2, -0.15) is 0 Å². The van der Waals surface area contributed by atoms with Gasteiger partial charge in [0.2, 0.25) is 0 Å². The molecule has 8 heteroatoms. The Hall–Kier alpha value is -1.05. The number of phosphoric acid groups is 1. The monoisotopic (exact) mass is 528 g/mol. The Morgan fingerprint density at radius 1 is 0.833 bits per heavy atom. The number of methoxy groups -OCH3 is 1. The molecule has 0 aromatic rings. The molecule has 0 aromatic carbocycles. The third-order valence-electron chi connectivity index (χ3n) is 5.55. The van der Waals surface area contributed by atoms with Crippen LogP contribution in [0.25, 0.3) is 0 Å². The molecule has 36 heavy (non-hydrogen) atoms. The van der Waals surface area contributed by atoms with Crippen LogP contribution in [0.3, 0.4) is 0 Å². The first-order valence-corrected chi connectivity index (χ1v) is 14.4. The number of phosphoric ester groups is 1. The molecule has 0 aliphatic rings. The summed E-state index contributed by atoms with van der Waals surface area (Å²) in [5, 5.41) is 0. The van der Waals surface area contributed by atoms with Crippen LogP contribution < -0.4 is 4.89 Å². The molecule has 0 fully saturated rings. The van der Waals surface area contributed by atoms with Gasteiger partial charge in [0.15, 0.2) is 0 Å². The van der Waals surface area contributed by atoms with Crippen molar-refractivity contribution in [2.45, 2.75) is 79.2 Å². The van der Waals surface area contributed by atoms with Crippen LogP contribution in [0.15, 0.2) is 46.6 Å². The first-order chi connectivity index (χ1) is 16.9. The summed E-state index contributed by atoms with van der Waals surface area (Å²) in [7, 11) is 0.821. The van der Waals surface area contributed by atoms with E-state index in [0.717, 1.165) is 38.5 Å². The molecule has 210 valence electrons. The molecule has 2 unspecified atom stereocenters. The average molecular weight is 529 g/mol. The standard InChI is InChI=1S/C28H52NO6P/c1-24(2)12-9-13-25(3)14-10-15-26(4)16-11-17-27(5)18-20-33-22-28(32-8)23-35-36(30,31)34-21-19-29(6)7/h12,14,16,18,28H,9-11,13,15,17,19-23H2,1-8H3,(H,30,31)/p-1/b25-14+,26-16+,27-18+. The van der Waals surface area contributed by atoms with Crippen molar-refractivity contribution in [3.8, 4) is 0 Å². The molecule has 0 bridgehead atoms. The Balaban J connectivity index is 4.15. The average Bonchev–Trinajstić information content (AvgIpc) is 2.78. The molecule has 0 aliphatic heterocycles. The van der Waals surface area contributed by atoms with Crippen LogP contribution in [0.2, 0.25) is 0 Å². The summed E-state index contributed by atoms with van der Waals surface area (Å²) in [5.41, 5.74) is 5.54. The van der Waals surface area contributed by atoms with Crippen molar-refractivity contribution in [3.63, 3.8) is 0 Å². The van der Waals surface area contributed by atoms with Crippen LogP contribution in [0.4, 0.5) is 0 Å². The normalized spacial score (nSPS) is 15.8. The highest BCUT2D eigenvalue weighted by Gasteiger charge is 2.15. The van der Waals surface area contributed by atoms with Crippen molar-refractivity contribution in [3.05, 3.63) is 46.6 Å². The van der Waals surface area contributed by atoms with E-state index in [1.54, 1.807) is 0 Å². The molecule has 0 spiro atoms. The van der Waals surface area contributed by atoms with E-state index in [0.29, 0.717) is 13.2 Å². The molecule has 0 rings (SSSR count). The quantitative estimate of drug-likeness (QED) is 0.0993. The van der Waals surface area contributed by atoms with E-state index < -0.39 is 13.9 Å². The van der Waals surface area contributed by atoms with Crippen molar-refractivity contribution in [1.29, 1.82) is 0 Å². The second-order valence-electron chi connectivity index (χ2n) is 9.82. The number of rotatable bonds is 21. The van der Waals surface area contributed by atoms with Gasteiger partial charge in [0, 0.05) is 13.7 Å². The van der Waals surface area contributed by atoms with Crippen molar-refractivity contribution in [1.82, 2.24) is 4.90 Å². The number of likely N-dealkylation sites (N-methyl/N-ethyl adjacent to an activating group) is 1. The van der Waals surface area contributed by atoms with Crippen molar-refractivity contribution < 1.29 is 28.0 Å². The summed E-state index contributed by atoms with van der Waals surface area (Å²) < 4.78 is 32.4. The first kappa shape index (κ1) is 35.0. The molecule has 0 radical (unpaired) electrons. The molecule has 0 aliphatic carbocycles. The molecule has 0 amide bonds. The lowest BCUT2D eigenvalue weighted by atomic mass is 10.0. The van der Waals surface area contributed by atoms with Crippen molar-refractivity contribution in [2.24, 2.45) is 0 Å². The predicted molar refractivity (Wildman–Crippen MR) is 148 cm³/mol. The molecule has 0 N–H and O–H groups in total. The van der Waals surface area contributed by atoms with Crippen LogP contribution in [-0.2, 0) is 23.1 Å². The topological polar surface area (TPSA) is 80.3 Å². The van der Waals surface area contributed by atoms with Gasteiger partial charge in [0.1, 0.15) is 6.10 Å². The third-order valence-corrected chi connectivity index (χ3v) is 6.51. The molecule has 7 nitrogen and oxygen atoms in total. The van der Waals surface area contributed by atoms with Crippen LogP contribution in [0.1, 0.15) is 73.1 Å². The second kappa shape index (κ2) is 20.9. The van der Waals surface area contributed by atoms with Gasteiger partial charge < -0.3 is 28.3 Å². The second-order valence-corrected chi connectivity index (χ2v) is 11.2. The van der Waals surface area contributed by atoms with E-state index in [9.17, 15) is 9.46 Å². The summed E-state index contributed by atoms with van der Waals surface area (Å²) in [6, 6.07) is 0. The lowest BCUT2D eigenvalue weighted by Crippen LogP contribution is -2.26. The van der Waals surface area contributed by atoms with Crippen LogP contribution in [0.5, 0.6) is 0 Å². The van der Waals surface area contributed by atoms with Gasteiger partial charge >= 0.3 is 0 Å². The zero-order valence-electron chi connectivity index (χ0n) is 24.0. The van der Waals surface area contributed by atoms with Gasteiger partial charge in [-0.25, -0.2) is 0 Å². The molecule has 0 aromatic heterocycles. The Labute approximate surface area is 220 Å². The highest BCUT2D eigenvalue weighted by atomic mass is 31.2. The SMILES string of the molecule is COC(COC/C=C(\C)CC/C=C(\C)CC/C=C(\C)CCC=C(C)C)COP(=O)([O-])OCCN(C)C.